The highest BCUT2D eigenvalue weighted by atomic mass is 19.3. The standard InChI is InChI=1S/C18H26F2N2O2/c1-12-10-15(11-13(2)16(12)24-18(19)20)17(23)22-8-5-14(6-9-22)4-7-21-3/h10-11,14,18,21H,4-9H2,1-3H3. The molecular weight excluding hydrogens is 314 g/mol. The lowest BCUT2D eigenvalue weighted by atomic mass is 9.93. The predicted molar refractivity (Wildman–Crippen MR) is 89.7 cm³/mol. The molecule has 0 aromatic heterocycles. The molecule has 134 valence electrons. The predicted octanol–water partition coefficient (Wildman–Crippen LogP) is 3.37. The monoisotopic (exact) mass is 340 g/mol. The van der Waals surface area contributed by atoms with Gasteiger partial charge in [-0.1, -0.05) is 0 Å². The fraction of sp³-hybridized carbons (Fsp3) is 0.611. The number of carbonyl (C=O) groups excluding carboxylic acids is 1. The first kappa shape index (κ1) is 18.6. The molecule has 1 aromatic carbocycles. The fourth-order valence-electron chi connectivity index (χ4n) is 3.30. The number of piperidine rings is 1. The largest absolute Gasteiger partial charge is 0.434 e. The van der Waals surface area contributed by atoms with E-state index in [1.165, 1.54) is 0 Å². The zero-order valence-corrected chi connectivity index (χ0v) is 14.6. The van der Waals surface area contributed by atoms with Crippen LogP contribution in [0.4, 0.5) is 8.78 Å². The second kappa shape index (κ2) is 8.42. The van der Waals surface area contributed by atoms with Crippen molar-refractivity contribution in [2.45, 2.75) is 39.7 Å². The maximum absolute atomic E-state index is 12.7. The molecule has 2 rings (SSSR count). The third-order valence-electron chi connectivity index (χ3n) is 4.62. The smallest absolute Gasteiger partial charge is 0.387 e. The number of ether oxygens (including phenoxy) is 1. The van der Waals surface area contributed by atoms with E-state index in [0.29, 0.717) is 22.6 Å². The molecule has 24 heavy (non-hydrogen) atoms. The van der Waals surface area contributed by atoms with Crippen LogP contribution < -0.4 is 10.1 Å². The van der Waals surface area contributed by atoms with Gasteiger partial charge in [-0.25, -0.2) is 0 Å². The Morgan fingerprint density at radius 1 is 1.29 bits per heavy atom. The molecule has 0 atom stereocenters. The SMILES string of the molecule is CNCCC1CCN(C(=O)c2cc(C)c(OC(F)F)c(C)c2)CC1. The van der Waals surface area contributed by atoms with Gasteiger partial charge in [0.2, 0.25) is 0 Å². The van der Waals surface area contributed by atoms with Crippen LogP contribution in [-0.4, -0.2) is 44.1 Å². The Kier molecular flexibility index (Phi) is 6.54. The summed E-state index contributed by atoms with van der Waals surface area (Å²) in [5, 5.41) is 3.16. The van der Waals surface area contributed by atoms with E-state index < -0.39 is 6.61 Å². The molecule has 1 aliphatic heterocycles. The zero-order valence-electron chi connectivity index (χ0n) is 14.6. The molecule has 1 amide bonds. The van der Waals surface area contributed by atoms with Crippen molar-refractivity contribution < 1.29 is 18.3 Å². The summed E-state index contributed by atoms with van der Waals surface area (Å²) in [6, 6.07) is 3.28. The molecule has 0 spiro atoms. The van der Waals surface area contributed by atoms with Crippen molar-refractivity contribution in [1.82, 2.24) is 10.2 Å². The number of hydrogen-bond donors (Lipinski definition) is 1. The third kappa shape index (κ3) is 4.66. The van der Waals surface area contributed by atoms with Crippen molar-refractivity contribution >= 4 is 5.91 Å². The Balaban J connectivity index is 2.03. The van der Waals surface area contributed by atoms with E-state index in [1.54, 1.807) is 26.0 Å². The van der Waals surface area contributed by atoms with E-state index in [4.69, 9.17) is 0 Å². The number of alkyl halides is 2. The van der Waals surface area contributed by atoms with Crippen molar-refractivity contribution in [3.8, 4) is 5.75 Å². The second-order valence-corrected chi connectivity index (χ2v) is 6.45. The summed E-state index contributed by atoms with van der Waals surface area (Å²) in [7, 11) is 1.95. The van der Waals surface area contributed by atoms with Crippen molar-refractivity contribution in [2.24, 2.45) is 5.92 Å². The van der Waals surface area contributed by atoms with Gasteiger partial charge in [-0.2, -0.15) is 8.78 Å². The molecular formula is C18H26F2N2O2. The summed E-state index contributed by atoms with van der Waals surface area (Å²) in [5.74, 6) is 0.788. The number of hydrogen-bond acceptors (Lipinski definition) is 3. The molecule has 0 saturated carbocycles. The number of carbonyl (C=O) groups is 1. The first-order valence-electron chi connectivity index (χ1n) is 8.42. The minimum Gasteiger partial charge on any atom is -0.434 e. The van der Waals surface area contributed by atoms with Crippen molar-refractivity contribution in [3.63, 3.8) is 0 Å². The number of rotatable bonds is 6. The highest BCUT2D eigenvalue weighted by molar-refractivity contribution is 5.95. The van der Waals surface area contributed by atoms with Crippen LogP contribution in [0.1, 0.15) is 40.7 Å². The number of nitrogens with zero attached hydrogens (tertiary/aromatic N) is 1. The summed E-state index contributed by atoms with van der Waals surface area (Å²) in [6.07, 6.45) is 3.16. The van der Waals surface area contributed by atoms with E-state index in [9.17, 15) is 13.6 Å². The quantitative estimate of drug-likeness (QED) is 0.863. The van der Waals surface area contributed by atoms with Gasteiger partial charge in [0.1, 0.15) is 5.75 Å². The molecule has 1 fully saturated rings. The van der Waals surface area contributed by atoms with Crippen molar-refractivity contribution in [3.05, 3.63) is 28.8 Å². The van der Waals surface area contributed by atoms with Crippen LogP contribution in [0, 0.1) is 19.8 Å². The number of likely N-dealkylation sites (tertiary alicyclic amines) is 1. The van der Waals surface area contributed by atoms with Gasteiger partial charge < -0.3 is 15.0 Å². The maximum Gasteiger partial charge on any atom is 0.387 e. The van der Waals surface area contributed by atoms with Gasteiger partial charge in [0.15, 0.2) is 0 Å². The van der Waals surface area contributed by atoms with E-state index in [2.05, 4.69) is 10.1 Å². The summed E-state index contributed by atoms with van der Waals surface area (Å²) in [5.41, 5.74) is 1.66. The third-order valence-corrected chi connectivity index (χ3v) is 4.62. The van der Waals surface area contributed by atoms with Crippen LogP contribution in [0.2, 0.25) is 0 Å². The lowest BCUT2D eigenvalue weighted by Gasteiger charge is -2.32. The Labute approximate surface area is 142 Å². The molecule has 1 aromatic rings. The van der Waals surface area contributed by atoms with Crippen molar-refractivity contribution in [2.75, 3.05) is 26.7 Å². The van der Waals surface area contributed by atoms with E-state index >= 15 is 0 Å². The second-order valence-electron chi connectivity index (χ2n) is 6.45. The summed E-state index contributed by atoms with van der Waals surface area (Å²) < 4.78 is 29.5. The Morgan fingerprint density at radius 3 is 2.38 bits per heavy atom. The summed E-state index contributed by atoms with van der Waals surface area (Å²) in [6.45, 7) is 3.02. The normalized spacial score (nSPS) is 15.8. The van der Waals surface area contributed by atoms with Crippen LogP contribution >= 0.6 is 0 Å². The number of benzene rings is 1. The van der Waals surface area contributed by atoms with Crippen LogP contribution in [0.25, 0.3) is 0 Å². The Bertz CT molecular complexity index is 547. The average Bonchev–Trinajstić information content (AvgIpc) is 2.55. The van der Waals surface area contributed by atoms with Gasteiger partial charge in [0, 0.05) is 18.7 Å². The topological polar surface area (TPSA) is 41.6 Å². The molecule has 6 heteroatoms. The minimum absolute atomic E-state index is 0.0307. The van der Waals surface area contributed by atoms with E-state index in [-0.39, 0.29) is 11.7 Å². The number of amides is 1. The molecule has 0 radical (unpaired) electrons. The summed E-state index contributed by atoms with van der Waals surface area (Å²) in [4.78, 5) is 14.5. The lowest BCUT2D eigenvalue weighted by molar-refractivity contribution is -0.0507. The van der Waals surface area contributed by atoms with Crippen molar-refractivity contribution in [1.29, 1.82) is 0 Å². The first-order chi connectivity index (χ1) is 11.4. The molecule has 1 heterocycles. The minimum atomic E-state index is -2.86. The lowest BCUT2D eigenvalue weighted by Crippen LogP contribution is -2.39. The van der Waals surface area contributed by atoms with Gasteiger partial charge in [-0.15, -0.1) is 0 Å². The van der Waals surface area contributed by atoms with E-state index in [1.807, 2.05) is 11.9 Å². The van der Waals surface area contributed by atoms with Crippen LogP contribution in [0.5, 0.6) is 5.75 Å². The molecule has 1 N–H and O–H groups in total. The molecule has 4 nitrogen and oxygen atoms in total. The average molecular weight is 340 g/mol. The maximum atomic E-state index is 12.7. The molecule has 0 bridgehead atoms. The van der Waals surface area contributed by atoms with Gasteiger partial charge >= 0.3 is 6.61 Å². The Hall–Kier alpha value is -1.69. The first-order valence-corrected chi connectivity index (χ1v) is 8.42. The molecule has 0 aliphatic carbocycles. The summed E-state index contributed by atoms with van der Waals surface area (Å²) >= 11 is 0. The van der Waals surface area contributed by atoms with Crippen LogP contribution in [0.15, 0.2) is 12.1 Å². The number of nitrogens with one attached hydrogen (secondary N) is 1. The van der Waals surface area contributed by atoms with Gasteiger partial charge in [0.05, 0.1) is 0 Å². The van der Waals surface area contributed by atoms with E-state index in [0.717, 1.165) is 38.9 Å². The highest BCUT2D eigenvalue weighted by Crippen LogP contribution is 2.28. The Morgan fingerprint density at radius 2 is 1.88 bits per heavy atom. The molecule has 0 unspecified atom stereocenters. The van der Waals surface area contributed by atoms with Gasteiger partial charge in [-0.05, 0) is 75.9 Å². The number of aryl methyl sites for hydroxylation is 2. The molecule has 1 saturated heterocycles. The highest BCUT2D eigenvalue weighted by Gasteiger charge is 2.24. The zero-order chi connectivity index (χ0) is 17.7. The van der Waals surface area contributed by atoms with Crippen LogP contribution in [0.3, 0.4) is 0 Å². The molecule has 1 aliphatic rings. The fourth-order valence-corrected chi connectivity index (χ4v) is 3.30. The van der Waals surface area contributed by atoms with Gasteiger partial charge in [-0.3, -0.25) is 4.79 Å². The van der Waals surface area contributed by atoms with Gasteiger partial charge in [0.25, 0.3) is 5.91 Å². The van der Waals surface area contributed by atoms with Crippen LogP contribution in [-0.2, 0) is 0 Å². The number of halogens is 2.